The number of fused-ring (bicyclic) bond motifs is 1. The van der Waals surface area contributed by atoms with E-state index in [1.54, 1.807) is 43.0 Å². The van der Waals surface area contributed by atoms with E-state index in [1.165, 1.54) is 0 Å². The molecule has 9 nitrogen and oxygen atoms in total. The van der Waals surface area contributed by atoms with Crippen molar-refractivity contribution in [2.75, 3.05) is 57.4 Å². The van der Waals surface area contributed by atoms with Crippen molar-refractivity contribution in [3.63, 3.8) is 0 Å². The molecule has 5 heterocycles. The molecule has 0 bridgehead atoms. The van der Waals surface area contributed by atoms with Crippen LogP contribution in [0.15, 0.2) is 43.0 Å². The lowest BCUT2D eigenvalue weighted by Crippen LogP contribution is -2.53. The van der Waals surface area contributed by atoms with Crippen LogP contribution in [0.2, 0.25) is 0 Å². The van der Waals surface area contributed by atoms with E-state index in [0.29, 0.717) is 64.0 Å². The molecule has 2 aromatic rings. The minimum Gasteiger partial charge on any atom is -0.378 e. The number of anilines is 1. The van der Waals surface area contributed by atoms with Crippen molar-refractivity contribution in [3.8, 4) is 0 Å². The molecule has 0 spiro atoms. The summed E-state index contributed by atoms with van der Waals surface area (Å²) in [5.41, 5.74) is 0.0809. The summed E-state index contributed by atoms with van der Waals surface area (Å²) in [5, 5.41) is 0. The summed E-state index contributed by atoms with van der Waals surface area (Å²) in [6.07, 6.45) is 8.27. The van der Waals surface area contributed by atoms with E-state index in [0.717, 1.165) is 12.8 Å². The molecule has 9 heteroatoms. The maximum atomic E-state index is 13.9. The predicted molar refractivity (Wildman–Crippen MR) is 117 cm³/mol. The zero-order valence-corrected chi connectivity index (χ0v) is 18.1. The molecule has 0 unspecified atom stereocenters. The van der Waals surface area contributed by atoms with Crippen molar-refractivity contribution in [3.05, 3.63) is 48.5 Å². The molecule has 2 aromatic heterocycles. The summed E-state index contributed by atoms with van der Waals surface area (Å²) in [6, 6.07) is 5.29. The molecule has 0 N–H and O–H groups in total. The molecule has 5 rings (SSSR count). The number of hydrogen-bond donors (Lipinski definition) is 0. The third-order valence-corrected chi connectivity index (χ3v) is 6.96. The van der Waals surface area contributed by atoms with Gasteiger partial charge in [-0.3, -0.25) is 14.6 Å². The highest BCUT2D eigenvalue weighted by atomic mass is 16.5. The number of nitrogens with zero attached hydrogens (tertiary/aromatic N) is 6. The first-order chi connectivity index (χ1) is 15.7. The van der Waals surface area contributed by atoms with Crippen LogP contribution in [0.25, 0.3) is 0 Å². The fraction of sp³-hybridized carbons (Fsp3) is 0.522. The third kappa shape index (κ3) is 3.81. The van der Waals surface area contributed by atoms with Crippen LogP contribution >= 0.6 is 0 Å². The minimum atomic E-state index is -0.552. The van der Waals surface area contributed by atoms with Crippen molar-refractivity contribution in [2.45, 2.75) is 12.8 Å². The highest BCUT2D eigenvalue weighted by Crippen LogP contribution is 2.45. The van der Waals surface area contributed by atoms with Gasteiger partial charge in [-0.2, -0.15) is 0 Å². The molecule has 2 amide bonds. The maximum Gasteiger partial charge on any atom is 0.253 e. The largest absolute Gasteiger partial charge is 0.378 e. The average Bonchev–Trinajstić information content (AvgIpc) is 3.13. The van der Waals surface area contributed by atoms with Crippen molar-refractivity contribution >= 4 is 17.8 Å². The van der Waals surface area contributed by atoms with Gasteiger partial charge in [0.15, 0.2) is 0 Å². The number of pyridine rings is 1. The van der Waals surface area contributed by atoms with Gasteiger partial charge in [0.25, 0.3) is 5.91 Å². The fourth-order valence-electron chi connectivity index (χ4n) is 5.33. The fourth-order valence-corrected chi connectivity index (χ4v) is 5.33. The van der Waals surface area contributed by atoms with Crippen LogP contribution < -0.4 is 4.90 Å². The Kier molecular flexibility index (Phi) is 5.73. The quantitative estimate of drug-likeness (QED) is 0.711. The van der Waals surface area contributed by atoms with E-state index in [4.69, 9.17) is 4.74 Å². The summed E-state index contributed by atoms with van der Waals surface area (Å²) < 4.78 is 5.48. The van der Waals surface area contributed by atoms with E-state index in [2.05, 4.69) is 19.9 Å². The first-order valence-electron chi connectivity index (χ1n) is 11.3. The van der Waals surface area contributed by atoms with Gasteiger partial charge in [0.05, 0.1) is 18.6 Å². The number of aromatic nitrogens is 3. The van der Waals surface area contributed by atoms with Gasteiger partial charge >= 0.3 is 0 Å². The minimum absolute atomic E-state index is 0.00330. The standard InChI is InChI=1S/C23H28N6O3/c30-20(18-3-8-24-9-4-18)28-10-1-5-23(21(31)27-11-13-32-14-12-27)17-29(16-19(23)15-28)22-25-6-2-7-26-22/h2-4,6-9,19H,1,5,10-17H2/t19-,23-/m0/s1. The normalized spacial score (nSPS) is 25.9. The highest BCUT2D eigenvalue weighted by molar-refractivity contribution is 5.94. The van der Waals surface area contributed by atoms with Gasteiger partial charge in [-0.1, -0.05) is 0 Å². The van der Waals surface area contributed by atoms with Gasteiger partial charge in [0.1, 0.15) is 0 Å². The predicted octanol–water partition coefficient (Wildman–Crippen LogP) is 1.09. The van der Waals surface area contributed by atoms with Crippen LogP contribution in [0.5, 0.6) is 0 Å². The molecule has 32 heavy (non-hydrogen) atoms. The Morgan fingerprint density at radius 2 is 1.72 bits per heavy atom. The number of ether oxygens (including phenoxy) is 1. The van der Waals surface area contributed by atoms with Crippen LogP contribution in [0.1, 0.15) is 23.2 Å². The van der Waals surface area contributed by atoms with Crippen LogP contribution in [-0.4, -0.2) is 89.0 Å². The topological polar surface area (TPSA) is 91.8 Å². The Bertz CT molecular complexity index is 953. The van der Waals surface area contributed by atoms with Crippen LogP contribution in [-0.2, 0) is 9.53 Å². The number of carbonyl (C=O) groups is 2. The Labute approximate surface area is 187 Å². The molecule has 168 valence electrons. The third-order valence-electron chi connectivity index (χ3n) is 6.96. The van der Waals surface area contributed by atoms with E-state index >= 15 is 0 Å². The molecule has 3 aliphatic rings. The Hall–Kier alpha value is -3.07. The average molecular weight is 437 g/mol. The van der Waals surface area contributed by atoms with E-state index < -0.39 is 5.41 Å². The SMILES string of the molecule is O=C(c1ccncc1)N1CCC[C@]2(C(=O)N3CCOCC3)CN(c3ncccn3)C[C@@H]2C1. The molecular formula is C23H28N6O3. The molecule has 0 aromatic carbocycles. The lowest BCUT2D eigenvalue weighted by Gasteiger charge is -2.38. The molecule has 2 atom stereocenters. The molecule has 0 aliphatic carbocycles. The molecule has 3 aliphatic heterocycles. The maximum absolute atomic E-state index is 13.9. The number of rotatable bonds is 3. The van der Waals surface area contributed by atoms with Gasteiger partial charge in [0.2, 0.25) is 11.9 Å². The lowest BCUT2D eigenvalue weighted by atomic mass is 9.73. The number of likely N-dealkylation sites (tertiary alicyclic amines) is 1. The van der Waals surface area contributed by atoms with Gasteiger partial charge in [-0.05, 0) is 31.0 Å². The Balaban J connectivity index is 1.45. The van der Waals surface area contributed by atoms with Gasteiger partial charge in [-0.25, -0.2) is 9.97 Å². The number of carbonyl (C=O) groups excluding carboxylic acids is 2. The first-order valence-corrected chi connectivity index (χ1v) is 11.3. The second kappa shape index (κ2) is 8.82. The molecule has 3 saturated heterocycles. The van der Waals surface area contributed by atoms with E-state index in [9.17, 15) is 9.59 Å². The van der Waals surface area contributed by atoms with Gasteiger partial charge in [0, 0.05) is 75.5 Å². The van der Waals surface area contributed by atoms with Crippen LogP contribution in [0.4, 0.5) is 5.95 Å². The second-order valence-electron chi connectivity index (χ2n) is 8.78. The smallest absolute Gasteiger partial charge is 0.253 e. The first kappa shape index (κ1) is 20.8. The van der Waals surface area contributed by atoms with Crippen molar-refractivity contribution in [1.29, 1.82) is 0 Å². The summed E-state index contributed by atoms with van der Waals surface area (Å²) >= 11 is 0. The van der Waals surface area contributed by atoms with Gasteiger partial charge < -0.3 is 19.4 Å². The van der Waals surface area contributed by atoms with Crippen LogP contribution in [0.3, 0.4) is 0 Å². The van der Waals surface area contributed by atoms with Crippen LogP contribution in [0, 0.1) is 11.3 Å². The summed E-state index contributed by atoms with van der Waals surface area (Å²) in [4.78, 5) is 46.0. The number of amides is 2. The van der Waals surface area contributed by atoms with Crippen molar-refractivity contribution in [1.82, 2.24) is 24.8 Å². The van der Waals surface area contributed by atoms with Crippen molar-refractivity contribution in [2.24, 2.45) is 11.3 Å². The second-order valence-corrected chi connectivity index (χ2v) is 8.78. The van der Waals surface area contributed by atoms with Gasteiger partial charge in [-0.15, -0.1) is 0 Å². The Morgan fingerprint density at radius 3 is 2.47 bits per heavy atom. The molecule has 0 radical (unpaired) electrons. The zero-order valence-electron chi connectivity index (χ0n) is 18.1. The molecule has 3 fully saturated rings. The summed E-state index contributed by atoms with van der Waals surface area (Å²) in [5.74, 6) is 0.829. The number of hydrogen-bond acceptors (Lipinski definition) is 7. The monoisotopic (exact) mass is 436 g/mol. The highest BCUT2D eigenvalue weighted by Gasteiger charge is 2.55. The zero-order chi connectivity index (χ0) is 22.0. The Morgan fingerprint density at radius 1 is 0.969 bits per heavy atom. The van der Waals surface area contributed by atoms with Crippen molar-refractivity contribution < 1.29 is 14.3 Å². The summed E-state index contributed by atoms with van der Waals surface area (Å²) in [7, 11) is 0. The van der Waals surface area contributed by atoms with E-state index in [-0.39, 0.29) is 17.7 Å². The van der Waals surface area contributed by atoms with E-state index in [1.807, 2.05) is 9.80 Å². The molecular weight excluding hydrogens is 408 g/mol. The summed E-state index contributed by atoms with van der Waals surface area (Å²) in [6.45, 7) is 4.81. The number of morpholine rings is 1. The lowest BCUT2D eigenvalue weighted by molar-refractivity contribution is -0.148. The molecule has 0 saturated carbocycles.